The first-order valence-corrected chi connectivity index (χ1v) is 13.7. The number of carboxylic acids is 1. The van der Waals surface area contributed by atoms with Crippen molar-refractivity contribution in [1.82, 2.24) is 24.0 Å². The summed E-state index contributed by atoms with van der Waals surface area (Å²) in [6.07, 6.45) is 3.54. The minimum Gasteiger partial charge on any atom is -0.543 e. The number of primary amides is 1. The number of nitrogen functional groups attached to an aromatic ring is 1. The van der Waals surface area contributed by atoms with Crippen LogP contribution < -0.4 is 26.5 Å². The van der Waals surface area contributed by atoms with Crippen LogP contribution in [-0.4, -0.2) is 72.1 Å². The van der Waals surface area contributed by atoms with E-state index in [1.54, 1.807) is 21.5 Å². The molecule has 15 nitrogen and oxygen atoms in total. The highest BCUT2D eigenvalue weighted by molar-refractivity contribution is 8.00. The molecule has 0 saturated carbocycles. The lowest BCUT2D eigenvalue weighted by atomic mass is 10.0. The van der Waals surface area contributed by atoms with Crippen LogP contribution in [0.2, 0.25) is 0 Å². The molecule has 0 bridgehead atoms. The zero-order valence-electron chi connectivity index (χ0n) is 19.6. The van der Waals surface area contributed by atoms with Crippen LogP contribution in [-0.2, 0) is 37.0 Å². The average Bonchev–Trinajstić information content (AvgIpc) is 3.59. The van der Waals surface area contributed by atoms with Gasteiger partial charge in [0.05, 0.1) is 18.1 Å². The highest BCUT2D eigenvalue weighted by Gasteiger charge is 2.53. The molecule has 0 spiro atoms. The number of oxime groups is 1. The summed E-state index contributed by atoms with van der Waals surface area (Å²) in [5, 5.41) is 19.1. The summed E-state index contributed by atoms with van der Waals surface area (Å²) >= 11 is 3.42. The zero-order valence-corrected chi connectivity index (χ0v) is 22.1. The Kier molecular flexibility index (Phi) is 7.19. The lowest BCUT2D eigenvalue weighted by Gasteiger charge is -2.50. The number of imidazole rings is 1. The molecule has 2 aliphatic heterocycles. The number of amides is 3. The number of aromatic nitrogens is 4. The molecule has 0 radical (unpaired) electrons. The molecule has 1 saturated heterocycles. The normalized spacial score (nSPS) is 19.2. The van der Waals surface area contributed by atoms with Gasteiger partial charge in [0.1, 0.15) is 29.9 Å². The predicted octanol–water partition coefficient (Wildman–Crippen LogP) is -2.50. The number of nitrogens with two attached hydrogens (primary N) is 2. The summed E-state index contributed by atoms with van der Waals surface area (Å²) in [4.78, 5) is 59.3. The fraction of sp³-hybridized carbons (Fsp3) is 0.300. The summed E-state index contributed by atoms with van der Waals surface area (Å²) < 4.78 is 19.9. The zero-order chi connectivity index (χ0) is 27.8. The maximum Gasteiger partial charge on any atom is 0.278 e. The summed E-state index contributed by atoms with van der Waals surface area (Å²) in [6, 6.07) is -1.10. The number of hydrogen-bond donors (Lipinski definition) is 3. The Balaban J connectivity index is 1.34. The number of fused-ring (bicyclic) bond motifs is 2. The lowest BCUT2D eigenvalue weighted by Crippen LogP contribution is -2.71. The van der Waals surface area contributed by atoms with E-state index < -0.39 is 47.7 Å². The third-order valence-corrected chi connectivity index (χ3v) is 8.55. The Morgan fingerprint density at radius 1 is 1.38 bits per heavy atom. The number of rotatable bonds is 10. The number of thiazole rings is 1. The van der Waals surface area contributed by atoms with Crippen molar-refractivity contribution in [2.45, 2.75) is 24.4 Å². The van der Waals surface area contributed by atoms with Crippen molar-refractivity contribution in [2.75, 3.05) is 18.3 Å². The van der Waals surface area contributed by atoms with Crippen molar-refractivity contribution in [3.63, 3.8) is 0 Å². The lowest BCUT2D eigenvalue weighted by molar-refractivity contribution is -0.687. The van der Waals surface area contributed by atoms with Crippen LogP contribution in [0.3, 0.4) is 0 Å². The molecule has 0 aliphatic carbocycles. The number of nitrogens with one attached hydrogen (secondary N) is 1. The minimum atomic E-state index is -1.54. The average molecular weight is 596 g/mol. The molecule has 3 amide bonds. The first-order chi connectivity index (χ1) is 18.7. The van der Waals surface area contributed by atoms with Gasteiger partial charge in [0.2, 0.25) is 28.6 Å². The number of aliphatic carboxylic acids is 1. The van der Waals surface area contributed by atoms with Crippen molar-refractivity contribution < 1.29 is 38.1 Å². The Morgan fingerprint density at radius 2 is 2.18 bits per heavy atom. The second-order valence-corrected chi connectivity index (χ2v) is 11.0. The number of nitrogens with zero attached hydrogens (tertiary/aromatic N) is 6. The summed E-state index contributed by atoms with van der Waals surface area (Å²) in [5.74, 6) is -3.62. The Morgan fingerprint density at radius 3 is 2.85 bits per heavy atom. The van der Waals surface area contributed by atoms with Gasteiger partial charge in [0.25, 0.3) is 18.7 Å². The number of β-lactam (4-membered cyclic amide) rings is 1. The van der Waals surface area contributed by atoms with Crippen molar-refractivity contribution in [2.24, 2.45) is 10.9 Å². The van der Waals surface area contributed by atoms with E-state index in [1.807, 2.05) is 5.38 Å². The molecule has 2 atom stereocenters. The van der Waals surface area contributed by atoms with Crippen LogP contribution in [0.5, 0.6) is 0 Å². The molecule has 5 rings (SSSR count). The van der Waals surface area contributed by atoms with Crippen molar-refractivity contribution in [3.8, 4) is 0 Å². The van der Waals surface area contributed by atoms with Gasteiger partial charge in [-0.05, 0) is 0 Å². The Hall–Kier alpha value is -4.10. The molecule has 2 aliphatic rings. The standard InChI is InChI=1S/C20H18FN9O6S3/c21-6-36-26-12(15-25-20(23)39-27-15)16(32)24-13-17(33)30-14(19(34)35)8(4-38-18(13)30)2-28-3-11-29(7-28)9(5-37-11)1-10(22)31/h3,5,7,13,18H,1-2,4,6H2,(H5-,22,23,24,25,27,31,32,34,35)/b26-12-/t13-,18-/m1/s1. The van der Waals surface area contributed by atoms with Crippen LogP contribution in [0.1, 0.15) is 11.5 Å². The number of anilines is 1. The van der Waals surface area contributed by atoms with Gasteiger partial charge < -0.3 is 31.5 Å². The third-order valence-electron chi connectivity index (χ3n) is 5.73. The number of hydrogen-bond acceptors (Lipinski definition) is 13. The van der Waals surface area contributed by atoms with Gasteiger partial charge >= 0.3 is 0 Å². The van der Waals surface area contributed by atoms with Crippen molar-refractivity contribution in [3.05, 3.63) is 40.7 Å². The molecule has 0 aromatic carbocycles. The van der Waals surface area contributed by atoms with Gasteiger partial charge in [-0.15, -0.1) is 11.8 Å². The van der Waals surface area contributed by atoms with Gasteiger partial charge in [-0.3, -0.25) is 19.3 Å². The van der Waals surface area contributed by atoms with Gasteiger partial charge in [-0.1, -0.05) is 16.5 Å². The molecule has 19 heteroatoms. The third kappa shape index (κ3) is 5.02. The van der Waals surface area contributed by atoms with Crippen molar-refractivity contribution >= 4 is 74.0 Å². The first kappa shape index (κ1) is 26.5. The Labute approximate surface area is 230 Å². The van der Waals surface area contributed by atoms with E-state index in [9.17, 15) is 28.7 Å². The Bertz CT molecular complexity index is 1560. The fourth-order valence-electron chi connectivity index (χ4n) is 4.15. The van der Waals surface area contributed by atoms with Gasteiger partial charge in [0.15, 0.2) is 5.13 Å². The molecular weight excluding hydrogens is 577 g/mol. The minimum absolute atomic E-state index is 0.0285. The summed E-state index contributed by atoms with van der Waals surface area (Å²) in [6.45, 7) is -1.18. The molecule has 3 aromatic rings. The molecule has 3 aromatic heterocycles. The SMILES string of the molecule is NC(=O)Cc1csc2c[n+](CC3=C(C(=O)[O-])N4C(=O)[C@@H](NC(=O)/C(=N\OCF)c5nsc(N)n5)[C@H]4SC3)cn12. The highest BCUT2D eigenvalue weighted by atomic mass is 32.2. The van der Waals surface area contributed by atoms with Crippen LogP contribution in [0.25, 0.3) is 4.83 Å². The molecular formula is C20H18FN9O6S3. The van der Waals surface area contributed by atoms with E-state index in [2.05, 4.69) is 24.7 Å². The number of carbonyl (C=O) groups is 4. The molecule has 39 heavy (non-hydrogen) atoms. The van der Waals surface area contributed by atoms with Crippen LogP contribution in [0.4, 0.5) is 9.52 Å². The monoisotopic (exact) mass is 595 g/mol. The number of carboxylic acid groups (broad SMARTS) is 1. The number of carbonyl (C=O) groups excluding carboxylic acids is 4. The molecule has 204 valence electrons. The van der Waals surface area contributed by atoms with Crippen LogP contribution >= 0.6 is 34.6 Å². The quantitative estimate of drug-likeness (QED) is 0.0969. The highest BCUT2D eigenvalue weighted by Crippen LogP contribution is 2.40. The summed E-state index contributed by atoms with van der Waals surface area (Å²) in [7, 11) is 0. The largest absolute Gasteiger partial charge is 0.543 e. The summed E-state index contributed by atoms with van der Waals surface area (Å²) in [5.41, 5.74) is 11.2. The van der Waals surface area contributed by atoms with E-state index in [0.717, 1.165) is 21.3 Å². The molecule has 5 N–H and O–H groups in total. The van der Waals surface area contributed by atoms with Gasteiger partial charge in [-0.25, -0.2) is 8.96 Å². The number of alkyl halides is 1. The van der Waals surface area contributed by atoms with Crippen LogP contribution in [0.15, 0.2) is 34.3 Å². The van der Waals surface area contributed by atoms with E-state index in [4.69, 9.17) is 11.5 Å². The predicted molar refractivity (Wildman–Crippen MR) is 133 cm³/mol. The molecule has 5 heterocycles. The maximum absolute atomic E-state index is 13.0. The van der Waals surface area contributed by atoms with E-state index in [-0.39, 0.29) is 35.4 Å². The fourth-order valence-corrected chi connectivity index (χ4v) is 6.85. The van der Waals surface area contributed by atoms with Crippen LogP contribution in [0, 0.1) is 0 Å². The van der Waals surface area contributed by atoms with Crippen molar-refractivity contribution in [1.29, 1.82) is 0 Å². The smallest absolute Gasteiger partial charge is 0.278 e. The van der Waals surface area contributed by atoms with E-state index >= 15 is 0 Å². The molecule has 1 fully saturated rings. The van der Waals surface area contributed by atoms with E-state index in [0.29, 0.717) is 11.3 Å². The number of halogens is 1. The van der Waals surface area contributed by atoms with Gasteiger partial charge in [0, 0.05) is 28.2 Å². The molecule has 0 unspecified atom stereocenters. The second-order valence-electron chi connectivity index (χ2n) is 8.23. The second kappa shape index (κ2) is 10.6. The number of thioether (sulfide) groups is 1. The first-order valence-electron chi connectivity index (χ1n) is 11.0. The topological polar surface area (TPSA) is 214 Å². The maximum atomic E-state index is 13.0. The van der Waals surface area contributed by atoms with E-state index in [1.165, 1.54) is 23.1 Å². The van der Waals surface area contributed by atoms with Gasteiger partial charge in [-0.2, -0.15) is 13.8 Å².